The minimum Gasteiger partial charge on any atom is -0.479 e. The van der Waals surface area contributed by atoms with E-state index in [-0.39, 0.29) is 26.3 Å². The maximum absolute atomic E-state index is 11.8. The van der Waals surface area contributed by atoms with Gasteiger partial charge >= 0.3 is 18.0 Å². The van der Waals surface area contributed by atoms with Crippen molar-refractivity contribution in [1.29, 1.82) is 0 Å². The lowest BCUT2D eigenvalue weighted by Gasteiger charge is -2.31. The Hall–Kier alpha value is -1.83. The fraction of sp³-hybridized carbons (Fsp3) is 0.727. The van der Waals surface area contributed by atoms with E-state index in [0.717, 1.165) is 0 Å². The Bertz CT molecular complexity index is 359. The number of urea groups is 1. The van der Waals surface area contributed by atoms with E-state index in [9.17, 15) is 14.4 Å². The minimum absolute atomic E-state index is 0.0449. The van der Waals surface area contributed by atoms with Crippen molar-refractivity contribution in [2.45, 2.75) is 26.0 Å². The number of amides is 2. The Balaban J connectivity index is 2.48. The molecule has 19 heavy (non-hydrogen) atoms. The summed E-state index contributed by atoms with van der Waals surface area (Å²) in [6.45, 7) is 3.80. The van der Waals surface area contributed by atoms with E-state index >= 15 is 0 Å². The standard InChI is InChI=1S/C11H18N2O6/c1-3-18-10(16)7(2)12-11(17)13-4-5-19-8(6-13)9(14)15/h7-8H,3-6H2,1-2H3,(H,12,17)(H,14,15). The number of nitrogens with zero attached hydrogens (tertiary/aromatic N) is 1. The second-order valence-corrected chi connectivity index (χ2v) is 4.07. The molecule has 0 aromatic rings. The molecule has 0 aliphatic carbocycles. The van der Waals surface area contributed by atoms with E-state index in [4.69, 9.17) is 14.6 Å². The van der Waals surface area contributed by atoms with Crippen LogP contribution in [0.15, 0.2) is 0 Å². The molecule has 1 heterocycles. The summed E-state index contributed by atoms with van der Waals surface area (Å²) >= 11 is 0. The van der Waals surface area contributed by atoms with Gasteiger partial charge in [-0.1, -0.05) is 0 Å². The Morgan fingerprint density at radius 3 is 2.79 bits per heavy atom. The third-order valence-electron chi connectivity index (χ3n) is 2.61. The van der Waals surface area contributed by atoms with Gasteiger partial charge in [0.1, 0.15) is 6.04 Å². The number of carboxylic acids is 1. The van der Waals surface area contributed by atoms with Crippen LogP contribution in [-0.2, 0) is 19.1 Å². The Labute approximate surface area is 110 Å². The van der Waals surface area contributed by atoms with Gasteiger partial charge in [0.05, 0.1) is 19.8 Å². The van der Waals surface area contributed by atoms with Crippen molar-refractivity contribution in [3.05, 3.63) is 0 Å². The molecule has 8 nitrogen and oxygen atoms in total. The van der Waals surface area contributed by atoms with Crippen LogP contribution in [0.4, 0.5) is 4.79 Å². The van der Waals surface area contributed by atoms with Gasteiger partial charge in [0.25, 0.3) is 0 Å². The summed E-state index contributed by atoms with van der Waals surface area (Å²) in [4.78, 5) is 35.3. The number of rotatable bonds is 4. The molecule has 0 spiro atoms. The van der Waals surface area contributed by atoms with Gasteiger partial charge in [0, 0.05) is 6.54 Å². The van der Waals surface area contributed by atoms with Crippen molar-refractivity contribution in [2.75, 3.05) is 26.3 Å². The van der Waals surface area contributed by atoms with Crippen LogP contribution in [0.25, 0.3) is 0 Å². The number of ether oxygens (including phenoxy) is 2. The predicted molar refractivity (Wildman–Crippen MR) is 63.6 cm³/mol. The molecule has 1 aliphatic heterocycles. The Kier molecular flexibility index (Phi) is 5.56. The van der Waals surface area contributed by atoms with Crippen molar-refractivity contribution in [3.8, 4) is 0 Å². The van der Waals surface area contributed by atoms with Gasteiger partial charge in [-0.05, 0) is 13.8 Å². The highest BCUT2D eigenvalue weighted by atomic mass is 16.5. The van der Waals surface area contributed by atoms with Gasteiger partial charge in [-0.25, -0.2) is 14.4 Å². The molecule has 0 radical (unpaired) electrons. The van der Waals surface area contributed by atoms with Crippen LogP contribution in [-0.4, -0.2) is 66.4 Å². The van der Waals surface area contributed by atoms with Gasteiger partial charge < -0.3 is 24.8 Å². The molecule has 2 N–H and O–H groups in total. The molecule has 0 bridgehead atoms. The molecule has 2 unspecified atom stereocenters. The molecule has 2 amide bonds. The summed E-state index contributed by atoms with van der Waals surface area (Å²) in [6, 6.07) is -1.28. The van der Waals surface area contributed by atoms with Crippen LogP contribution >= 0.6 is 0 Å². The summed E-state index contributed by atoms with van der Waals surface area (Å²) < 4.78 is 9.76. The van der Waals surface area contributed by atoms with Gasteiger partial charge in [-0.2, -0.15) is 0 Å². The zero-order chi connectivity index (χ0) is 14.4. The zero-order valence-corrected chi connectivity index (χ0v) is 10.9. The molecule has 1 rings (SSSR count). The summed E-state index contributed by atoms with van der Waals surface area (Å²) in [6.07, 6.45) is -1.03. The normalized spacial score (nSPS) is 20.5. The summed E-state index contributed by atoms with van der Waals surface area (Å²) in [7, 11) is 0. The van der Waals surface area contributed by atoms with E-state index in [2.05, 4.69) is 5.32 Å². The molecule has 1 fully saturated rings. The molecule has 108 valence electrons. The van der Waals surface area contributed by atoms with Gasteiger partial charge in [0.2, 0.25) is 0 Å². The van der Waals surface area contributed by atoms with Crippen molar-refractivity contribution in [1.82, 2.24) is 10.2 Å². The van der Waals surface area contributed by atoms with Crippen LogP contribution in [0.5, 0.6) is 0 Å². The van der Waals surface area contributed by atoms with E-state index < -0.39 is 30.1 Å². The second-order valence-electron chi connectivity index (χ2n) is 4.07. The topological polar surface area (TPSA) is 105 Å². The fourth-order valence-electron chi connectivity index (χ4n) is 1.59. The predicted octanol–water partition coefficient (Wildman–Crippen LogP) is -0.567. The smallest absolute Gasteiger partial charge is 0.334 e. The second kappa shape index (κ2) is 6.93. The quantitative estimate of drug-likeness (QED) is 0.665. The summed E-state index contributed by atoms with van der Waals surface area (Å²) in [5, 5.41) is 11.3. The van der Waals surface area contributed by atoms with Gasteiger partial charge in [-0.15, -0.1) is 0 Å². The number of esters is 1. The number of aliphatic carboxylic acids is 1. The summed E-state index contributed by atoms with van der Waals surface area (Å²) in [5.74, 6) is -1.64. The van der Waals surface area contributed by atoms with Crippen molar-refractivity contribution >= 4 is 18.0 Å². The molecular formula is C11H18N2O6. The van der Waals surface area contributed by atoms with Crippen LogP contribution in [0, 0.1) is 0 Å². The van der Waals surface area contributed by atoms with Crippen LogP contribution < -0.4 is 5.32 Å². The average Bonchev–Trinajstić information content (AvgIpc) is 2.39. The van der Waals surface area contributed by atoms with E-state index in [1.165, 1.54) is 11.8 Å². The van der Waals surface area contributed by atoms with Crippen LogP contribution in [0.1, 0.15) is 13.8 Å². The number of morpholine rings is 1. The maximum Gasteiger partial charge on any atom is 0.334 e. The molecular weight excluding hydrogens is 256 g/mol. The fourth-order valence-corrected chi connectivity index (χ4v) is 1.59. The number of hydrogen-bond acceptors (Lipinski definition) is 5. The number of nitrogens with one attached hydrogen (secondary N) is 1. The lowest BCUT2D eigenvalue weighted by Crippen LogP contribution is -2.54. The monoisotopic (exact) mass is 274 g/mol. The third-order valence-corrected chi connectivity index (χ3v) is 2.61. The molecule has 1 saturated heterocycles. The Morgan fingerprint density at radius 1 is 1.53 bits per heavy atom. The van der Waals surface area contributed by atoms with Crippen LogP contribution in [0.2, 0.25) is 0 Å². The first-order valence-electron chi connectivity index (χ1n) is 6.02. The van der Waals surface area contributed by atoms with Crippen molar-refractivity contribution in [2.24, 2.45) is 0 Å². The minimum atomic E-state index is -1.11. The molecule has 1 aliphatic rings. The molecule has 2 atom stereocenters. The maximum atomic E-state index is 11.8. The molecule has 0 aromatic carbocycles. The number of carbonyl (C=O) groups excluding carboxylic acids is 2. The lowest BCUT2D eigenvalue weighted by atomic mass is 10.3. The van der Waals surface area contributed by atoms with Crippen LogP contribution in [0.3, 0.4) is 0 Å². The van der Waals surface area contributed by atoms with Gasteiger partial charge in [-0.3, -0.25) is 0 Å². The Morgan fingerprint density at radius 2 is 2.21 bits per heavy atom. The first kappa shape index (κ1) is 15.2. The zero-order valence-electron chi connectivity index (χ0n) is 10.9. The van der Waals surface area contributed by atoms with Gasteiger partial charge in [0.15, 0.2) is 6.10 Å². The third kappa shape index (κ3) is 4.40. The van der Waals surface area contributed by atoms with E-state index in [1.54, 1.807) is 6.92 Å². The SMILES string of the molecule is CCOC(=O)C(C)NC(=O)N1CCOC(C(=O)O)C1. The highest BCUT2D eigenvalue weighted by Gasteiger charge is 2.30. The first-order valence-corrected chi connectivity index (χ1v) is 6.02. The van der Waals surface area contributed by atoms with Crippen molar-refractivity contribution in [3.63, 3.8) is 0 Å². The summed E-state index contributed by atoms with van der Waals surface area (Å²) in [5.41, 5.74) is 0. The molecule has 0 saturated carbocycles. The number of hydrogen-bond donors (Lipinski definition) is 2. The largest absolute Gasteiger partial charge is 0.479 e. The lowest BCUT2D eigenvalue weighted by molar-refractivity contribution is -0.154. The first-order chi connectivity index (χ1) is 8.95. The molecule has 8 heteroatoms. The average molecular weight is 274 g/mol. The van der Waals surface area contributed by atoms with E-state index in [0.29, 0.717) is 0 Å². The number of carbonyl (C=O) groups is 3. The van der Waals surface area contributed by atoms with E-state index in [1.807, 2.05) is 0 Å². The number of carboxylic acid groups (broad SMARTS) is 1. The highest BCUT2D eigenvalue weighted by molar-refractivity contribution is 5.83. The highest BCUT2D eigenvalue weighted by Crippen LogP contribution is 2.06. The molecule has 0 aromatic heterocycles. The van der Waals surface area contributed by atoms with Crippen molar-refractivity contribution < 1.29 is 29.0 Å².